The molecule has 0 radical (unpaired) electrons. The molecular weight excluding hydrogens is 221 g/mol. The number of methoxy groups -OCH3 is 1. The second-order valence-electron chi connectivity index (χ2n) is 4.37. The van der Waals surface area contributed by atoms with E-state index in [4.69, 9.17) is 10.5 Å². The number of hydrogen-bond acceptors (Lipinski definition) is 4. The van der Waals surface area contributed by atoms with Gasteiger partial charge in [-0.15, -0.1) is 0 Å². The Labute approximate surface area is 101 Å². The smallest absolute Gasteiger partial charge is 0.170 e. The van der Waals surface area contributed by atoms with Gasteiger partial charge in [0.1, 0.15) is 0 Å². The van der Waals surface area contributed by atoms with Crippen LogP contribution in [0.1, 0.15) is 12.0 Å². The predicted molar refractivity (Wildman–Crippen MR) is 64.3 cm³/mol. The highest BCUT2D eigenvalue weighted by molar-refractivity contribution is 5.44. The maximum Gasteiger partial charge on any atom is 0.170 e. The molecule has 4 nitrogen and oxygen atoms in total. The average Bonchev–Trinajstić information content (AvgIpc) is 2.78. The molecule has 0 spiro atoms. The minimum absolute atomic E-state index is 0.205. The number of hydrogen-bond donors (Lipinski definition) is 1. The standard InChI is InChI=1S/C12H18FN3O/c1-17-8-9-3-5-16(7-9)12-11(13)10(6-14)2-4-15-12/h2,4,9H,3,5-8,14H2,1H3. The fourth-order valence-electron chi connectivity index (χ4n) is 2.25. The summed E-state index contributed by atoms with van der Waals surface area (Å²) in [5, 5.41) is 0. The molecule has 1 unspecified atom stereocenters. The number of ether oxygens (including phenoxy) is 1. The van der Waals surface area contributed by atoms with Gasteiger partial charge >= 0.3 is 0 Å². The van der Waals surface area contributed by atoms with Crippen LogP contribution in [-0.4, -0.2) is 31.8 Å². The number of pyridine rings is 1. The van der Waals surface area contributed by atoms with Crippen molar-refractivity contribution in [2.24, 2.45) is 11.7 Å². The summed E-state index contributed by atoms with van der Waals surface area (Å²) in [6.07, 6.45) is 2.63. The molecule has 1 aliphatic rings. The third-order valence-corrected chi connectivity index (χ3v) is 3.16. The van der Waals surface area contributed by atoms with Gasteiger partial charge in [-0.1, -0.05) is 0 Å². The van der Waals surface area contributed by atoms with E-state index in [2.05, 4.69) is 4.98 Å². The molecule has 2 rings (SSSR count). The minimum Gasteiger partial charge on any atom is -0.384 e. The van der Waals surface area contributed by atoms with E-state index in [0.717, 1.165) is 19.5 Å². The van der Waals surface area contributed by atoms with Crippen molar-refractivity contribution in [3.63, 3.8) is 0 Å². The van der Waals surface area contributed by atoms with E-state index < -0.39 is 0 Å². The molecule has 1 fully saturated rings. The van der Waals surface area contributed by atoms with Gasteiger partial charge in [0.2, 0.25) is 0 Å². The summed E-state index contributed by atoms with van der Waals surface area (Å²) in [6, 6.07) is 1.63. The lowest BCUT2D eigenvalue weighted by atomic mass is 10.1. The summed E-state index contributed by atoms with van der Waals surface area (Å²) in [7, 11) is 1.69. The van der Waals surface area contributed by atoms with Crippen LogP contribution in [-0.2, 0) is 11.3 Å². The number of nitrogens with zero attached hydrogens (tertiary/aromatic N) is 2. The van der Waals surface area contributed by atoms with Gasteiger partial charge in [-0.25, -0.2) is 9.37 Å². The molecule has 94 valence electrons. The monoisotopic (exact) mass is 239 g/mol. The second kappa shape index (κ2) is 5.42. The number of halogens is 1. The molecule has 0 aromatic carbocycles. The Morgan fingerprint density at radius 3 is 3.18 bits per heavy atom. The van der Waals surface area contributed by atoms with Crippen molar-refractivity contribution in [3.05, 3.63) is 23.6 Å². The Morgan fingerprint density at radius 1 is 1.65 bits per heavy atom. The number of nitrogens with two attached hydrogens (primary N) is 1. The maximum atomic E-state index is 14.0. The highest BCUT2D eigenvalue weighted by Gasteiger charge is 2.25. The number of aromatic nitrogens is 1. The average molecular weight is 239 g/mol. The van der Waals surface area contributed by atoms with Crippen molar-refractivity contribution < 1.29 is 9.13 Å². The molecule has 17 heavy (non-hydrogen) atoms. The molecule has 0 aliphatic carbocycles. The summed E-state index contributed by atoms with van der Waals surface area (Å²) in [6.45, 7) is 2.54. The van der Waals surface area contributed by atoms with Crippen LogP contribution in [0.4, 0.5) is 10.2 Å². The van der Waals surface area contributed by atoms with Gasteiger partial charge < -0.3 is 15.4 Å². The van der Waals surface area contributed by atoms with E-state index in [1.807, 2.05) is 4.90 Å². The van der Waals surface area contributed by atoms with Gasteiger partial charge in [-0.2, -0.15) is 0 Å². The zero-order valence-electron chi connectivity index (χ0n) is 10.0. The van der Waals surface area contributed by atoms with Gasteiger partial charge in [0, 0.05) is 44.4 Å². The van der Waals surface area contributed by atoms with E-state index in [0.29, 0.717) is 23.9 Å². The molecule has 1 aromatic heterocycles. The molecule has 5 heteroatoms. The van der Waals surface area contributed by atoms with Crippen LogP contribution in [0.15, 0.2) is 12.3 Å². The lowest BCUT2D eigenvalue weighted by molar-refractivity contribution is 0.161. The maximum absolute atomic E-state index is 14.0. The van der Waals surface area contributed by atoms with Gasteiger partial charge in [0.15, 0.2) is 11.6 Å². The van der Waals surface area contributed by atoms with Gasteiger partial charge in [0.05, 0.1) is 6.61 Å². The van der Waals surface area contributed by atoms with Crippen LogP contribution in [0.3, 0.4) is 0 Å². The third-order valence-electron chi connectivity index (χ3n) is 3.16. The van der Waals surface area contributed by atoms with Crippen molar-refractivity contribution in [1.82, 2.24) is 4.98 Å². The lowest BCUT2D eigenvalue weighted by Gasteiger charge is -2.19. The first kappa shape index (κ1) is 12.3. The Bertz CT molecular complexity index is 386. The van der Waals surface area contributed by atoms with Crippen molar-refractivity contribution >= 4 is 5.82 Å². The fraction of sp³-hybridized carbons (Fsp3) is 0.583. The van der Waals surface area contributed by atoms with E-state index in [1.165, 1.54) is 0 Å². The summed E-state index contributed by atoms with van der Waals surface area (Å²) in [4.78, 5) is 6.09. The van der Waals surface area contributed by atoms with E-state index in [-0.39, 0.29) is 12.4 Å². The molecule has 2 N–H and O–H groups in total. The van der Waals surface area contributed by atoms with Crippen LogP contribution >= 0.6 is 0 Å². The molecule has 0 bridgehead atoms. The quantitative estimate of drug-likeness (QED) is 0.856. The molecule has 1 aromatic rings. The van der Waals surface area contributed by atoms with Crippen molar-refractivity contribution in [3.8, 4) is 0 Å². The van der Waals surface area contributed by atoms with E-state index in [1.54, 1.807) is 19.4 Å². The zero-order chi connectivity index (χ0) is 12.3. The first-order valence-electron chi connectivity index (χ1n) is 5.83. The van der Waals surface area contributed by atoms with E-state index in [9.17, 15) is 4.39 Å². The Kier molecular flexibility index (Phi) is 3.91. The molecular formula is C12H18FN3O. The van der Waals surface area contributed by atoms with Crippen LogP contribution in [0.2, 0.25) is 0 Å². The second-order valence-corrected chi connectivity index (χ2v) is 4.37. The zero-order valence-corrected chi connectivity index (χ0v) is 10.0. The third kappa shape index (κ3) is 2.56. The summed E-state index contributed by atoms with van der Waals surface area (Å²) in [5.74, 6) is 0.599. The lowest BCUT2D eigenvalue weighted by Crippen LogP contribution is -2.23. The molecule has 0 saturated carbocycles. The molecule has 0 amide bonds. The topological polar surface area (TPSA) is 51.4 Å². The Hall–Kier alpha value is -1.20. The Morgan fingerprint density at radius 2 is 2.47 bits per heavy atom. The number of rotatable bonds is 4. The van der Waals surface area contributed by atoms with Crippen LogP contribution in [0.25, 0.3) is 0 Å². The minimum atomic E-state index is -0.284. The first-order valence-corrected chi connectivity index (χ1v) is 5.83. The van der Waals surface area contributed by atoms with Crippen molar-refractivity contribution in [2.75, 3.05) is 31.7 Å². The first-order chi connectivity index (χ1) is 8.26. The van der Waals surface area contributed by atoms with Gasteiger partial charge in [-0.05, 0) is 12.5 Å². The van der Waals surface area contributed by atoms with Gasteiger partial charge in [0.25, 0.3) is 0 Å². The van der Waals surface area contributed by atoms with Gasteiger partial charge in [-0.3, -0.25) is 0 Å². The summed E-state index contributed by atoms with van der Waals surface area (Å²) in [5.41, 5.74) is 6.01. The summed E-state index contributed by atoms with van der Waals surface area (Å²) >= 11 is 0. The largest absolute Gasteiger partial charge is 0.384 e. The Balaban J connectivity index is 2.13. The number of anilines is 1. The molecule has 2 heterocycles. The van der Waals surface area contributed by atoms with Crippen LogP contribution in [0, 0.1) is 11.7 Å². The fourth-order valence-corrected chi connectivity index (χ4v) is 2.25. The molecule has 1 atom stereocenters. The van der Waals surface area contributed by atoms with Crippen molar-refractivity contribution in [1.29, 1.82) is 0 Å². The molecule has 1 saturated heterocycles. The summed E-state index contributed by atoms with van der Waals surface area (Å²) < 4.78 is 19.1. The highest BCUT2D eigenvalue weighted by Crippen LogP contribution is 2.25. The molecule has 1 aliphatic heterocycles. The predicted octanol–water partition coefficient (Wildman–Crippen LogP) is 1.15. The van der Waals surface area contributed by atoms with E-state index >= 15 is 0 Å². The van der Waals surface area contributed by atoms with Crippen molar-refractivity contribution in [2.45, 2.75) is 13.0 Å². The van der Waals surface area contributed by atoms with Crippen LogP contribution < -0.4 is 10.6 Å². The normalized spacial score (nSPS) is 19.9. The highest BCUT2D eigenvalue weighted by atomic mass is 19.1. The SMILES string of the molecule is COCC1CCN(c2nccc(CN)c2F)C1. The van der Waals surface area contributed by atoms with Crippen LogP contribution in [0.5, 0.6) is 0 Å².